The van der Waals surface area contributed by atoms with Gasteiger partial charge in [-0.1, -0.05) is 23.7 Å². The molecule has 8 nitrogen and oxygen atoms in total. The third-order valence-electron chi connectivity index (χ3n) is 4.61. The molecule has 0 aliphatic heterocycles. The van der Waals surface area contributed by atoms with Gasteiger partial charge in [-0.05, 0) is 55.5 Å². The highest BCUT2D eigenvalue weighted by Crippen LogP contribution is 2.25. The first-order valence-electron chi connectivity index (χ1n) is 10.2. The van der Waals surface area contributed by atoms with Crippen LogP contribution in [0.5, 0.6) is 11.5 Å². The van der Waals surface area contributed by atoms with Crippen molar-refractivity contribution in [3.05, 3.63) is 94.0 Å². The molecule has 4 rings (SSSR count). The maximum Gasteiger partial charge on any atom is 0.323 e. The second kappa shape index (κ2) is 10.1. The first-order valence-corrected chi connectivity index (χ1v) is 10.6. The number of aromatic nitrogens is 2. The lowest BCUT2D eigenvalue weighted by Crippen LogP contribution is -2.20. The van der Waals surface area contributed by atoms with E-state index < -0.39 is 6.03 Å². The fourth-order valence-corrected chi connectivity index (χ4v) is 3.29. The molecule has 9 heteroatoms. The lowest BCUT2D eigenvalue weighted by Gasteiger charge is -2.13. The summed E-state index contributed by atoms with van der Waals surface area (Å²) in [6, 6.07) is 18.4. The fraction of sp³-hybridized carbons (Fsp3) is 0.125. The van der Waals surface area contributed by atoms with Crippen LogP contribution in [-0.2, 0) is 6.61 Å². The number of hydrogen-bond acceptors (Lipinski definition) is 5. The average Bonchev–Trinajstić information content (AvgIpc) is 2.80. The predicted octanol–water partition coefficient (Wildman–Crippen LogP) is 4.97. The molecule has 2 heterocycles. The van der Waals surface area contributed by atoms with Crippen LogP contribution in [0.4, 0.5) is 16.2 Å². The third-order valence-corrected chi connectivity index (χ3v) is 4.83. The Kier molecular flexibility index (Phi) is 6.75. The first-order chi connectivity index (χ1) is 16.0. The molecule has 0 unspecified atom stereocenters. The van der Waals surface area contributed by atoms with Crippen LogP contribution >= 0.6 is 11.6 Å². The zero-order valence-corrected chi connectivity index (χ0v) is 18.5. The Morgan fingerprint density at radius 2 is 1.82 bits per heavy atom. The Morgan fingerprint density at radius 1 is 1.03 bits per heavy atom. The number of nitrogens with zero attached hydrogens (tertiary/aromatic N) is 2. The maximum absolute atomic E-state index is 12.5. The van der Waals surface area contributed by atoms with Crippen molar-refractivity contribution in [3.8, 4) is 11.5 Å². The highest BCUT2D eigenvalue weighted by atomic mass is 35.5. The van der Waals surface area contributed by atoms with Gasteiger partial charge in [-0.25, -0.2) is 9.78 Å². The number of benzene rings is 2. The minimum absolute atomic E-state index is 0.0492. The summed E-state index contributed by atoms with van der Waals surface area (Å²) in [4.78, 5) is 29.2. The normalized spacial score (nSPS) is 10.6. The van der Waals surface area contributed by atoms with Crippen LogP contribution in [0.15, 0.2) is 77.7 Å². The van der Waals surface area contributed by atoms with Gasteiger partial charge in [0.2, 0.25) is 0 Å². The largest absolute Gasteiger partial charge is 0.494 e. The van der Waals surface area contributed by atoms with E-state index in [0.717, 1.165) is 5.75 Å². The predicted molar refractivity (Wildman–Crippen MR) is 127 cm³/mol. The second-order valence-electron chi connectivity index (χ2n) is 6.98. The van der Waals surface area contributed by atoms with Gasteiger partial charge in [-0.15, -0.1) is 0 Å². The van der Waals surface area contributed by atoms with Crippen molar-refractivity contribution in [2.24, 2.45) is 0 Å². The van der Waals surface area contributed by atoms with Gasteiger partial charge in [-0.2, -0.15) is 0 Å². The van der Waals surface area contributed by atoms with Crippen molar-refractivity contribution in [2.75, 3.05) is 17.2 Å². The second-order valence-corrected chi connectivity index (χ2v) is 7.42. The molecule has 0 bridgehead atoms. The van der Waals surface area contributed by atoms with E-state index in [-0.39, 0.29) is 12.2 Å². The van der Waals surface area contributed by atoms with Crippen LogP contribution in [0.25, 0.3) is 5.65 Å². The molecule has 2 aromatic carbocycles. The van der Waals surface area contributed by atoms with Crippen molar-refractivity contribution in [1.29, 1.82) is 0 Å². The van der Waals surface area contributed by atoms with E-state index in [1.165, 1.54) is 16.7 Å². The zero-order valence-electron chi connectivity index (χ0n) is 17.7. The fourth-order valence-electron chi connectivity index (χ4n) is 3.13. The van der Waals surface area contributed by atoms with Crippen LogP contribution in [0.1, 0.15) is 12.6 Å². The third kappa shape index (κ3) is 5.61. The van der Waals surface area contributed by atoms with Crippen LogP contribution in [0, 0.1) is 0 Å². The number of amides is 2. The quantitative estimate of drug-likeness (QED) is 0.402. The van der Waals surface area contributed by atoms with Gasteiger partial charge in [-0.3, -0.25) is 9.20 Å². The molecule has 0 aliphatic rings. The number of carbonyl (C=O) groups is 1. The number of carbonyl (C=O) groups excluding carboxylic acids is 1. The summed E-state index contributed by atoms with van der Waals surface area (Å²) >= 11 is 5.94. The minimum Gasteiger partial charge on any atom is -0.494 e. The highest BCUT2D eigenvalue weighted by molar-refractivity contribution is 6.30. The molecule has 4 aromatic rings. The van der Waals surface area contributed by atoms with E-state index in [4.69, 9.17) is 21.1 Å². The number of nitrogens with one attached hydrogen (secondary N) is 2. The number of fused-ring (bicyclic) bond motifs is 1. The summed E-state index contributed by atoms with van der Waals surface area (Å²) in [6.07, 6.45) is 1.51. The van der Waals surface area contributed by atoms with Gasteiger partial charge in [0.05, 0.1) is 23.0 Å². The molecule has 0 spiro atoms. The summed E-state index contributed by atoms with van der Waals surface area (Å²) in [7, 11) is 0. The molecular formula is C24H21ClN4O4. The van der Waals surface area contributed by atoms with Crippen LogP contribution in [0.2, 0.25) is 5.02 Å². The van der Waals surface area contributed by atoms with Crippen molar-refractivity contribution >= 4 is 34.7 Å². The van der Waals surface area contributed by atoms with E-state index in [0.29, 0.717) is 40.1 Å². The molecule has 0 aliphatic carbocycles. The van der Waals surface area contributed by atoms with Crippen LogP contribution < -0.4 is 25.7 Å². The number of para-hydroxylation sites is 2. The summed E-state index contributed by atoms with van der Waals surface area (Å²) in [5.41, 5.74) is 1.75. The van der Waals surface area contributed by atoms with E-state index in [1.807, 2.05) is 6.92 Å². The Hall–Kier alpha value is -4.04. The van der Waals surface area contributed by atoms with Crippen LogP contribution in [-0.4, -0.2) is 22.0 Å². The van der Waals surface area contributed by atoms with Gasteiger partial charge in [0.1, 0.15) is 23.8 Å². The lowest BCUT2D eigenvalue weighted by atomic mass is 10.3. The van der Waals surface area contributed by atoms with E-state index in [1.54, 1.807) is 60.7 Å². The number of halogens is 1. The Bertz CT molecular complexity index is 1340. The average molecular weight is 465 g/mol. The summed E-state index contributed by atoms with van der Waals surface area (Å²) in [5, 5.41) is 5.98. The van der Waals surface area contributed by atoms with Crippen molar-refractivity contribution in [1.82, 2.24) is 9.38 Å². The van der Waals surface area contributed by atoms with Crippen molar-refractivity contribution in [3.63, 3.8) is 0 Å². The molecular weight excluding hydrogens is 444 g/mol. The summed E-state index contributed by atoms with van der Waals surface area (Å²) in [5.74, 6) is 1.17. The molecule has 33 heavy (non-hydrogen) atoms. The van der Waals surface area contributed by atoms with Gasteiger partial charge in [0.15, 0.2) is 0 Å². The molecule has 0 radical (unpaired) electrons. The summed E-state index contributed by atoms with van der Waals surface area (Å²) in [6.45, 7) is 2.53. The van der Waals surface area contributed by atoms with Gasteiger partial charge in [0.25, 0.3) is 5.56 Å². The maximum atomic E-state index is 12.5. The standard InChI is InChI=1S/C24H21ClN4O4/c1-2-32-19-10-8-17(9-11-19)27-24(31)28-20-5-3-4-6-21(20)33-15-18-13-23(30)29-14-16(25)7-12-22(29)26-18/h3-14H,2,15H2,1H3,(H2,27,28,31). The number of hydrogen-bond donors (Lipinski definition) is 2. The van der Waals surface area contributed by atoms with Crippen molar-refractivity contribution in [2.45, 2.75) is 13.5 Å². The van der Waals surface area contributed by atoms with Gasteiger partial charge >= 0.3 is 6.03 Å². The number of ether oxygens (including phenoxy) is 2. The SMILES string of the molecule is CCOc1ccc(NC(=O)Nc2ccccc2OCc2cc(=O)n3cc(Cl)ccc3n2)cc1. The molecule has 168 valence electrons. The minimum atomic E-state index is -0.422. The molecule has 0 fully saturated rings. The Morgan fingerprint density at radius 3 is 2.61 bits per heavy atom. The summed E-state index contributed by atoms with van der Waals surface area (Å²) < 4.78 is 12.6. The molecule has 0 saturated carbocycles. The lowest BCUT2D eigenvalue weighted by molar-refractivity contribution is 0.261. The number of pyridine rings is 1. The monoisotopic (exact) mass is 464 g/mol. The molecule has 2 amide bonds. The smallest absolute Gasteiger partial charge is 0.323 e. The Balaban J connectivity index is 1.43. The number of anilines is 2. The Labute approximate surface area is 194 Å². The molecule has 2 aromatic heterocycles. The van der Waals surface area contributed by atoms with Gasteiger partial charge in [0, 0.05) is 18.0 Å². The molecule has 0 atom stereocenters. The number of urea groups is 1. The van der Waals surface area contributed by atoms with Crippen LogP contribution in [0.3, 0.4) is 0 Å². The van der Waals surface area contributed by atoms with E-state index >= 15 is 0 Å². The molecule has 2 N–H and O–H groups in total. The number of rotatable bonds is 7. The molecule has 0 saturated heterocycles. The van der Waals surface area contributed by atoms with E-state index in [9.17, 15) is 9.59 Å². The topological polar surface area (TPSA) is 94.0 Å². The van der Waals surface area contributed by atoms with E-state index in [2.05, 4.69) is 15.6 Å². The van der Waals surface area contributed by atoms with Crippen molar-refractivity contribution < 1.29 is 14.3 Å². The highest BCUT2D eigenvalue weighted by Gasteiger charge is 2.10. The zero-order chi connectivity index (χ0) is 23.2. The first kappa shape index (κ1) is 22.2. The van der Waals surface area contributed by atoms with Gasteiger partial charge < -0.3 is 20.1 Å².